The summed E-state index contributed by atoms with van der Waals surface area (Å²) in [6.07, 6.45) is 3.50. The highest BCUT2D eigenvalue weighted by Gasteiger charge is 2.00. The average molecular weight is 144 g/mol. The Balaban J connectivity index is 3.71. The fourth-order valence-electron chi connectivity index (χ4n) is 0.843. The van der Waals surface area contributed by atoms with Gasteiger partial charge in [-0.15, -0.1) is 0 Å². The normalized spacial score (nSPS) is 12.6. The molecule has 1 atom stereocenters. The zero-order valence-corrected chi connectivity index (χ0v) is 6.38. The summed E-state index contributed by atoms with van der Waals surface area (Å²) >= 11 is 0. The Labute approximate surface area is 61.7 Å². The Morgan fingerprint density at radius 2 is 2.20 bits per heavy atom. The van der Waals surface area contributed by atoms with Crippen molar-refractivity contribution >= 4 is 0 Å². The molecule has 0 aliphatic rings. The number of nitrogens with two attached hydrogens (primary N) is 2. The molecule has 0 aromatic carbocycles. The zero-order valence-electron chi connectivity index (χ0n) is 6.38. The molecule has 3 nitrogen and oxygen atoms in total. The Bertz CT molecular complexity index is 108. The lowest BCUT2D eigenvalue weighted by molar-refractivity contribution is 0.268. The second kappa shape index (κ2) is 5.11. The number of rotatable bonds is 4. The molecule has 0 saturated heterocycles. The highest BCUT2D eigenvalue weighted by atomic mass is 16.3. The molecule has 0 heterocycles. The maximum atomic E-state index is 8.57. The third kappa shape index (κ3) is 4.21. The van der Waals surface area contributed by atoms with Crippen molar-refractivity contribution in [3.63, 3.8) is 0 Å². The van der Waals surface area contributed by atoms with Crippen molar-refractivity contribution < 1.29 is 5.11 Å². The molecular formula is C7H16N2O. The average Bonchev–Trinajstić information content (AvgIpc) is 1.86. The van der Waals surface area contributed by atoms with Crippen LogP contribution in [0.25, 0.3) is 0 Å². The van der Waals surface area contributed by atoms with Crippen LogP contribution >= 0.6 is 0 Å². The lowest BCUT2D eigenvalue weighted by atomic mass is 10.0. The van der Waals surface area contributed by atoms with E-state index in [1.165, 1.54) is 0 Å². The van der Waals surface area contributed by atoms with E-state index in [9.17, 15) is 0 Å². The largest absolute Gasteiger partial charge is 0.396 e. The highest BCUT2D eigenvalue weighted by Crippen LogP contribution is 2.08. The van der Waals surface area contributed by atoms with Crippen molar-refractivity contribution in [2.45, 2.75) is 19.8 Å². The van der Waals surface area contributed by atoms with Gasteiger partial charge in [0, 0.05) is 6.61 Å². The van der Waals surface area contributed by atoms with Crippen LogP contribution in [0.2, 0.25) is 0 Å². The molecule has 0 aromatic rings. The lowest BCUT2D eigenvalue weighted by Gasteiger charge is -2.06. The molecule has 0 rings (SSSR count). The summed E-state index contributed by atoms with van der Waals surface area (Å²) in [6.45, 7) is 2.24. The van der Waals surface area contributed by atoms with Crippen LogP contribution in [-0.4, -0.2) is 11.7 Å². The second-order valence-corrected chi connectivity index (χ2v) is 2.35. The van der Waals surface area contributed by atoms with Gasteiger partial charge in [-0.2, -0.15) is 0 Å². The molecule has 0 aliphatic heterocycles. The molecule has 0 saturated carbocycles. The van der Waals surface area contributed by atoms with Crippen molar-refractivity contribution in [3.8, 4) is 0 Å². The van der Waals surface area contributed by atoms with Gasteiger partial charge in [0.25, 0.3) is 0 Å². The van der Waals surface area contributed by atoms with Gasteiger partial charge in [-0.25, -0.2) is 0 Å². The van der Waals surface area contributed by atoms with Crippen LogP contribution in [0, 0.1) is 5.92 Å². The summed E-state index contributed by atoms with van der Waals surface area (Å²) < 4.78 is 0. The Morgan fingerprint density at radius 3 is 2.50 bits per heavy atom. The van der Waals surface area contributed by atoms with Crippen molar-refractivity contribution in [2.75, 3.05) is 6.61 Å². The number of allylic oxidation sites excluding steroid dienone is 1. The van der Waals surface area contributed by atoms with Gasteiger partial charge in [0.1, 0.15) is 0 Å². The smallest absolute Gasteiger partial charge is 0.0895 e. The van der Waals surface area contributed by atoms with Crippen LogP contribution < -0.4 is 11.5 Å². The fraction of sp³-hybridized carbons (Fsp3) is 0.714. The first-order valence-corrected chi connectivity index (χ1v) is 3.54. The van der Waals surface area contributed by atoms with E-state index in [0.717, 1.165) is 12.8 Å². The topological polar surface area (TPSA) is 72.3 Å². The van der Waals surface area contributed by atoms with Gasteiger partial charge >= 0.3 is 0 Å². The summed E-state index contributed by atoms with van der Waals surface area (Å²) in [5.41, 5.74) is 10.5. The van der Waals surface area contributed by atoms with E-state index in [2.05, 4.69) is 0 Å². The molecule has 0 amide bonds. The summed E-state index contributed by atoms with van der Waals surface area (Å²) in [5.74, 6) is 0.676. The van der Waals surface area contributed by atoms with E-state index < -0.39 is 0 Å². The quantitative estimate of drug-likeness (QED) is 0.526. The molecule has 0 aliphatic carbocycles. The van der Waals surface area contributed by atoms with Gasteiger partial charge in [0.05, 0.1) is 5.82 Å². The fourth-order valence-corrected chi connectivity index (χ4v) is 0.843. The predicted molar refractivity (Wildman–Crippen MR) is 41.9 cm³/mol. The minimum atomic E-state index is 0.197. The lowest BCUT2D eigenvalue weighted by Crippen LogP contribution is -2.11. The summed E-state index contributed by atoms with van der Waals surface area (Å²) in [4.78, 5) is 0. The minimum absolute atomic E-state index is 0.197. The third-order valence-corrected chi connectivity index (χ3v) is 1.45. The molecule has 5 N–H and O–H groups in total. The maximum Gasteiger partial charge on any atom is 0.0895 e. The Hall–Kier alpha value is -0.700. The van der Waals surface area contributed by atoms with Crippen molar-refractivity contribution in [1.29, 1.82) is 0 Å². The van der Waals surface area contributed by atoms with Crippen molar-refractivity contribution in [2.24, 2.45) is 17.4 Å². The van der Waals surface area contributed by atoms with E-state index in [-0.39, 0.29) is 6.61 Å². The third-order valence-electron chi connectivity index (χ3n) is 1.45. The molecule has 0 spiro atoms. The highest BCUT2D eigenvalue weighted by molar-refractivity contribution is 4.94. The summed E-state index contributed by atoms with van der Waals surface area (Å²) in [7, 11) is 0. The molecule has 10 heavy (non-hydrogen) atoms. The second-order valence-electron chi connectivity index (χ2n) is 2.35. The molecule has 60 valence electrons. The number of aliphatic hydroxyl groups excluding tert-OH is 1. The molecule has 1 unspecified atom stereocenters. The summed E-state index contributed by atoms with van der Waals surface area (Å²) in [6, 6.07) is 0. The minimum Gasteiger partial charge on any atom is -0.396 e. The van der Waals surface area contributed by atoms with Crippen LogP contribution in [0.1, 0.15) is 19.8 Å². The monoisotopic (exact) mass is 144 g/mol. The molecular weight excluding hydrogens is 128 g/mol. The van der Waals surface area contributed by atoms with E-state index in [1.54, 1.807) is 6.08 Å². The molecule has 3 heteroatoms. The SMILES string of the molecule is CCC(C=C(N)N)CCO. The first kappa shape index (κ1) is 9.30. The number of hydrogen-bond donors (Lipinski definition) is 3. The van der Waals surface area contributed by atoms with Gasteiger partial charge < -0.3 is 16.6 Å². The van der Waals surface area contributed by atoms with Gasteiger partial charge in [-0.05, 0) is 24.8 Å². The van der Waals surface area contributed by atoms with Crippen LogP contribution in [-0.2, 0) is 0 Å². The van der Waals surface area contributed by atoms with Crippen molar-refractivity contribution in [1.82, 2.24) is 0 Å². The van der Waals surface area contributed by atoms with Crippen LogP contribution in [0.15, 0.2) is 11.9 Å². The standard InChI is InChI=1S/C7H16N2O/c1-2-6(3-4-10)5-7(8)9/h5-6,10H,2-4,8-9H2,1H3. The predicted octanol–water partition coefficient (Wildman–Crippen LogP) is 0.154. The van der Waals surface area contributed by atoms with Crippen LogP contribution in [0.3, 0.4) is 0 Å². The van der Waals surface area contributed by atoms with Gasteiger partial charge in [-0.3, -0.25) is 0 Å². The van der Waals surface area contributed by atoms with E-state index in [0.29, 0.717) is 11.7 Å². The van der Waals surface area contributed by atoms with Crippen LogP contribution in [0.5, 0.6) is 0 Å². The first-order valence-electron chi connectivity index (χ1n) is 3.54. The number of hydrogen-bond acceptors (Lipinski definition) is 3. The molecule has 0 fully saturated rings. The molecule has 0 radical (unpaired) electrons. The van der Waals surface area contributed by atoms with Gasteiger partial charge in [0.2, 0.25) is 0 Å². The Kier molecular flexibility index (Phi) is 4.76. The van der Waals surface area contributed by atoms with E-state index >= 15 is 0 Å². The Morgan fingerprint density at radius 1 is 1.60 bits per heavy atom. The van der Waals surface area contributed by atoms with Gasteiger partial charge in [0.15, 0.2) is 0 Å². The molecule has 0 bridgehead atoms. The summed E-state index contributed by atoms with van der Waals surface area (Å²) in [5, 5.41) is 8.57. The van der Waals surface area contributed by atoms with Crippen LogP contribution in [0.4, 0.5) is 0 Å². The zero-order chi connectivity index (χ0) is 7.98. The number of aliphatic hydroxyl groups is 1. The van der Waals surface area contributed by atoms with Gasteiger partial charge in [-0.1, -0.05) is 6.92 Å². The van der Waals surface area contributed by atoms with E-state index in [1.807, 2.05) is 6.92 Å². The molecule has 0 aromatic heterocycles. The van der Waals surface area contributed by atoms with Crippen molar-refractivity contribution in [3.05, 3.63) is 11.9 Å². The first-order chi connectivity index (χ1) is 4.70. The maximum absolute atomic E-state index is 8.57. The van der Waals surface area contributed by atoms with E-state index in [4.69, 9.17) is 16.6 Å².